The van der Waals surface area contributed by atoms with E-state index in [4.69, 9.17) is 0 Å². The summed E-state index contributed by atoms with van der Waals surface area (Å²) in [5, 5.41) is 0.690. The second-order valence-corrected chi connectivity index (χ2v) is 8.71. The summed E-state index contributed by atoms with van der Waals surface area (Å²) >= 11 is 1.46. The Morgan fingerprint density at radius 3 is 2.70 bits per heavy atom. The van der Waals surface area contributed by atoms with Crippen molar-refractivity contribution < 1.29 is 4.79 Å². The Morgan fingerprint density at radius 1 is 1.11 bits per heavy atom. The molecule has 2 aliphatic rings. The van der Waals surface area contributed by atoms with Crippen LogP contribution in [0.15, 0.2) is 41.6 Å². The first-order valence-electron chi connectivity index (χ1n) is 10.0. The highest BCUT2D eigenvalue weighted by Gasteiger charge is 2.32. The van der Waals surface area contributed by atoms with Crippen molar-refractivity contribution >= 4 is 17.7 Å². The fourth-order valence-corrected chi connectivity index (χ4v) is 5.21. The van der Waals surface area contributed by atoms with E-state index in [1.807, 2.05) is 31.2 Å². The Hall–Kier alpha value is -1.88. The Balaban J connectivity index is 1.38. The van der Waals surface area contributed by atoms with Crippen LogP contribution < -0.4 is 0 Å². The largest absolute Gasteiger partial charge is 0.342 e. The summed E-state index contributed by atoms with van der Waals surface area (Å²) in [5.41, 5.74) is 2.93. The number of piperidine rings is 1. The topological polar surface area (TPSA) is 46.1 Å². The van der Waals surface area contributed by atoms with Crippen LogP contribution in [0.1, 0.15) is 37.8 Å². The lowest BCUT2D eigenvalue weighted by Crippen LogP contribution is -2.45. The standard InChI is InChI=1S/C22H27N3OS/c1-16-13-20(18-8-3-2-4-9-18)24-22(23-16)27-15-21(26)25-12-11-17-7-5-6-10-19(17)14-25/h2-4,8-9,13,17,19H,5-7,10-12,14-15H2,1H3/t17-,19-/m0/s1. The van der Waals surface area contributed by atoms with Crippen molar-refractivity contribution in [1.29, 1.82) is 0 Å². The van der Waals surface area contributed by atoms with Crippen molar-refractivity contribution in [2.24, 2.45) is 11.8 Å². The van der Waals surface area contributed by atoms with Crippen LogP contribution in [-0.2, 0) is 4.79 Å². The molecule has 0 spiro atoms. The Morgan fingerprint density at radius 2 is 1.89 bits per heavy atom. The number of amides is 1. The van der Waals surface area contributed by atoms with Gasteiger partial charge in [-0.2, -0.15) is 0 Å². The van der Waals surface area contributed by atoms with Crippen LogP contribution in [0.5, 0.6) is 0 Å². The minimum Gasteiger partial charge on any atom is -0.342 e. The smallest absolute Gasteiger partial charge is 0.233 e. The van der Waals surface area contributed by atoms with Crippen LogP contribution in [0, 0.1) is 18.8 Å². The molecule has 2 heterocycles. The lowest BCUT2D eigenvalue weighted by molar-refractivity contribution is -0.131. The minimum absolute atomic E-state index is 0.232. The van der Waals surface area contributed by atoms with Crippen LogP contribution in [-0.4, -0.2) is 39.6 Å². The number of likely N-dealkylation sites (tertiary alicyclic amines) is 1. The number of aryl methyl sites for hydroxylation is 1. The van der Waals surface area contributed by atoms with Crippen molar-refractivity contribution in [3.8, 4) is 11.3 Å². The number of aromatic nitrogens is 2. The molecule has 1 saturated heterocycles. The highest BCUT2D eigenvalue weighted by atomic mass is 32.2. The Bertz CT molecular complexity index is 795. The van der Waals surface area contributed by atoms with E-state index in [2.05, 4.69) is 27.0 Å². The monoisotopic (exact) mass is 381 g/mol. The van der Waals surface area contributed by atoms with E-state index in [9.17, 15) is 4.79 Å². The summed E-state index contributed by atoms with van der Waals surface area (Å²) in [5.74, 6) is 2.23. The first-order valence-corrected chi connectivity index (χ1v) is 11.0. The Kier molecular flexibility index (Phi) is 5.77. The quantitative estimate of drug-likeness (QED) is 0.574. The highest BCUT2D eigenvalue weighted by Crippen LogP contribution is 2.36. The normalized spacial score (nSPS) is 22.3. The molecule has 4 rings (SSSR count). The predicted octanol–water partition coefficient (Wildman–Crippen LogP) is 4.58. The third-order valence-corrected chi connectivity index (χ3v) is 6.70. The lowest BCUT2D eigenvalue weighted by Gasteiger charge is -2.41. The molecular formula is C22H27N3OS. The molecule has 4 nitrogen and oxygen atoms in total. The third-order valence-electron chi connectivity index (χ3n) is 5.87. The SMILES string of the molecule is Cc1cc(-c2ccccc2)nc(SCC(=O)N2CC[C@@H]3CCCC[C@H]3C2)n1. The zero-order valence-electron chi connectivity index (χ0n) is 15.9. The van der Waals surface area contributed by atoms with Crippen molar-refractivity contribution in [3.63, 3.8) is 0 Å². The summed E-state index contributed by atoms with van der Waals surface area (Å²) in [6.07, 6.45) is 6.54. The van der Waals surface area contributed by atoms with Gasteiger partial charge in [-0.3, -0.25) is 4.79 Å². The van der Waals surface area contributed by atoms with Crippen LogP contribution in [0.2, 0.25) is 0 Å². The molecule has 0 bridgehead atoms. The van der Waals surface area contributed by atoms with Gasteiger partial charge in [0.15, 0.2) is 5.16 Å². The molecule has 0 unspecified atom stereocenters. The van der Waals surface area contributed by atoms with Crippen molar-refractivity contribution in [2.75, 3.05) is 18.8 Å². The molecule has 1 amide bonds. The molecule has 1 saturated carbocycles. The minimum atomic E-state index is 0.232. The van der Waals surface area contributed by atoms with Gasteiger partial charge >= 0.3 is 0 Å². The van der Waals surface area contributed by atoms with Gasteiger partial charge in [-0.1, -0.05) is 61.4 Å². The number of rotatable bonds is 4. The summed E-state index contributed by atoms with van der Waals surface area (Å²) in [6, 6.07) is 12.1. The van der Waals surface area contributed by atoms with E-state index in [0.29, 0.717) is 10.9 Å². The van der Waals surface area contributed by atoms with Gasteiger partial charge in [0.2, 0.25) is 5.91 Å². The molecule has 1 aliphatic carbocycles. The average molecular weight is 382 g/mol. The predicted molar refractivity (Wildman–Crippen MR) is 110 cm³/mol. The van der Waals surface area contributed by atoms with E-state index >= 15 is 0 Å². The summed E-state index contributed by atoms with van der Waals surface area (Å²) in [6.45, 7) is 3.85. The van der Waals surface area contributed by atoms with Gasteiger partial charge < -0.3 is 4.90 Å². The molecular weight excluding hydrogens is 354 g/mol. The molecule has 142 valence electrons. The van der Waals surface area contributed by atoms with Gasteiger partial charge in [0, 0.05) is 24.3 Å². The van der Waals surface area contributed by atoms with E-state index in [1.54, 1.807) is 0 Å². The molecule has 5 heteroatoms. The van der Waals surface area contributed by atoms with Crippen LogP contribution >= 0.6 is 11.8 Å². The second kappa shape index (κ2) is 8.42. The van der Waals surface area contributed by atoms with Crippen LogP contribution in [0.3, 0.4) is 0 Å². The van der Waals surface area contributed by atoms with Gasteiger partial charge in [-0.05, 0) is 37.7 Å². The summed E-state index contributed by atoms with van der Waals surface area (Å²) in [7, 11) is 0. The van der Waals surface area contributed by atoms with Crippen LogP contribution in [0.4, 0.5) is 0 Å². The molecule has 2 fully saturated rings. The van der Waals surface area contributed by atoms with E-state index in [0.717, 1.165) is 41.9 Å². The van der Waals surface area contributed by atoms with Crippen molar-refractivity contribution in [2.45, 2.75) is 44.2 Å². The molecule has 1 aliphatic heterocycles. The fraction of sp³-hybridized carbons (Fsp3) is 0.500. The van der Waals surface area contributed by atoms with Gasteiger partial charge in [0.1, 0.15) is 0 Å². The number of hydrogen-bond acceptors (Lipinski definition) is 4. The first-order chi connectivity index (χ1) is 13.2. The Labute approximate surface area is 165 Å². The van der Waals surface area contributed by atoms with Crippen LogP contribution in [0.25, 0.3) is 11.3 Å². The fourth-order valence-electron chi connectivity index (χ4n) is 4.41. The maximum atomic E-state index is 12.7. The van der Waals surface area contributed by atoms with Gasteiger partial charge in [-0.15, -0.1) is 0 Å². The molecule has 2 atom stereocenters. The average Bonchev–Trinajstić information content (AvgIpc) is 2.72. The van der Waals surface area contributed by atoms with E-state index < -0.39 is 0 Å². The van der Waals surface area contributed by atoms with Crippen molar-refractivity contribution in [3.05, 3.63) is 42.1 Å². The maximum absolute atomic E-state index is 12.7. The number of benzene rings is 1. The zero-order chi connectivity index (χ0) is 18.6. The maximum Gasteiger partial charge on any atom is 0.233 e. The molecule has 2 aromatic rings. The summed E-state index contributed by atoms with van der Waals surface area (Å²) in [4.78, 5) is 24.0. The third kappa shape index (κ3) is 4.52. The number of carbonyl (C=O) groups is 1. The number of hydrogen-bond donors (Lipinski definition) is 0. The number of thioether (sulfide) groups is 1. The molecule has 0 N–H and O–H groups in total. The number of fused-ring (bicyclic) bond motifs is 1. The zero-order valence-corrected chi connectivity index (χ0v) is 16.8. The molecule has 1 aromatic heterocycles. The molecule has 1 aromatic carbocycles. The highest BCUT2D eigenvalue weighted by molar-refractivity contribution is 7.99. The van der Waals surface area contributed by atoms with Gasteiger partial charge in [0.25, 0.3) is 0 Å². The lowest BCUT2D eigenvalue weighted by atomic mass is 9.75. The number of carbonyl (C=O) groups excluding carboxylic acids is 1. The van der Waals surface area contributed by atoms with Gasteiger partial charge in [0.05, 0.1) is 11.4 Å². The van der Waals surface area contributed by atoms with Gasteiger partial charge in [-0.25, -0.2) is 9.97 Å². The van der Waals surface area contributed by atoms with E-state index in [-0.39, 0.29) is 5.91 Å². The van der Waals surface area contributed by atoms with Crippen molar-refractivity contribution in [1.82, 2.24) is 14.9 Å². The first kappa shape index (κ1) is 18.5. The van der Waals surface area contributed by atoms with E-state index in [1.165, 1.54) is 43.9 Å². The molecule has 0 radical (unpaired) electrons. The summed E-state index contributed by atoms with van der Waals surface area (Å²) < 4.78 is 0. The molecule has 27 heavy (non-hydrogen) atoms. The second-order valence-electron chi connectivity index (χ2n) is 7.76. The number of nitrogens with zero attached hydrogens (tertiary/aromatic N) is 3.